The van der Waals surface area contributed by atoms with Crippen molar-refractivity contribution in [1.82, 2.24) is 20.0 Å². The lowest BCUT2D eigenvalue weighted by Crippen LogP contribution is -2.19. The third kappa shape index (κ3) is 3.14. The lowest BCUT2D eigenvalue weighted by molar-refractivity contribution is 0.0837. The van der Waals surface area contributed by atoms with Crippen LogP contribution in [0.25, 0.3) is 0 Å². The number of aromatic nitrogens is 4. The van der Waals surface area contributed by atoms with Gasteiger partial charge in [0.25, 0.3) is 5.91 Å². The normalized spacial score (nSPS) is 15.7. The molecule has 0 atom stereocenters. The van der Waals surface area contributed by atoms with E-state index in [1.165, 1.54) is 6.20 Å². The summed E-state index contributed by atoms with van der Waals surface area (Å²) in [6, 6.07) is 1.71. The minimum absolute atomic E-state index is 0.158. The van der Waals surface area contributed by atoms with Gasteiger partial charge in [0.1, 0.15) is 0 Å². The molecule has 0 aromatic carbocycles. The van der Waals surface area contributed by atoms with E-state index in [4.69, 9.17) is 4.74 Å². The molecule has 0 bridgehead atoms. The molecule has 7 heteroatoms. The first-order valence-electron chi connectivity index (χ1n) is 7.51. The molecule has 1 saturated heterocycles. The Balaban J connectivity index is 1.85. The zero-order valence-electron chi connectivity index (χ0n) is 12.5. The average Bonchev–Trinajstić information content (AvgIpc) is 3.01. The zero-order chi connectivity index (χ0) is 15.4. The van der Waals surface area contributed by atoms with Gasteiger partial charge in [-0.25, -0.2) is 0 Å². The van der Waals surface area contributed by atoms with Crippen molar-refractivity contribution >= 4 is 11.6 Å². The largest absolute Gasteiger partial charge is 0.381 e. The van der Waals surface area contributed by atoms with Gasteiger partial charge in [-0.1, -0.05) is 0 Å². The molecule has 3 heterocycles. The van der Waals surface area contributed by atoms with Gasteiger partial charge < -0.3 is 10.1 Å². The van der Waals surface area contributed by atoms with Gasteiger partial charge in [0.05, 0.1) is 29.3 Å². The molecule has 0 aliphatic carbocycles. The number of hydrogen-bond acceptors (Lipinski definition) is 5. The van der Waals surface area contributed by atoms with Crippen LogP contribution in [0.5, 0.6) is 0 Å². The van der Waals surface area contributed by atoms with E-state index in [-0.39, 0.29) is 11.8 Å². The Bertz CT molecular complexity index is 635. The number of carbonyl (C=O) groups excluding carboxylic acids is 1. The molecule has 1 aliphatic heterocycles. The van der Waals surface area contributed by atoms with E-state index >= 15 is 0 Å². The standard InChI is InChI=1S/C15H19N5O2/c1-2-20-10-13(14(19-20)11-4-7-22-8-5-11)15(21)18-12-3-6-16-17-9-12/h3,6,9-11H,2,4-5,7-8H2,1H3,(H,16,18,21). The van der Waals surface area contributed by atoms with Crippen molar-refractivity contribution < 1.29 is 9.53 Å². The number of nitrogens with zero attached hydrogens (tertiary/aromatic N) is 4. The third-order valence-corrected chi connectivity index (χ3v) is 3.81. The molecular weight excluding hydrogens is 282 g/mol. The van der Waals surface area contributed by atoms with Crippen LogP contribution in [-0.2, 0) is 11.3 Å². The molecule has 7 nitrogen and oxygen atoms in total. The van der Waals surface area contributed by atoms with Crippen molar-refractivity contribution in [2.45, 2.75) is 32.2 Å². The molecule has 0 radical (unpaired) electrons. The second-order valence-electron chi connectivity index (χ2n) is 5.26. The molecule has 2 aromatic heterocycles. The summed E-state index contributed by atoms with van der Waals surface area (Å²) >= 11 is 0. The van der Waals surface area contributed by atoms with Crippen LogP contribution in [0.3, 0.4) is 0 Å². The highest BCUT2D eigenvalue weighted by atomic mass is 16.5. The quantitative estimate of drug-likeness (QED) is 0.931. The van der Waals surface area contributed by atoms with Crippen LogP contribution in [0.15, 0.2) is 24.7 Å². The molecule has 116 valence electrons. The molecule has 22 heavy (non-hydrogen) atoms. The second kappa shape index (κ2) is 6.65. The molecule has 0 spiro atoms. The number of nitrogens with one attached hydrogen (secondary N) is 1. The number of ether oxygens (including phenoxy) is 1. The van der Waals surface area contributed by atoms with Crippen molar-refractivity contribution in [2.75, 3.05) is 18.5 Å². The minimum Gasteiger partial charge on any atom is -0.381 e. The van der Waals surface area contributed by atoms with E-state index < -0.39 is 0 Å². The van der Waals surface area contributed by atoms with E-state index in [2.05, 4.69) is 20.6 Å². The summed E-state index contributed by atoms with van der Waals surface area (Å²) in [5.74, 6) is 0.118. The minimum atomic E-state index is -0.158. The van der Waals surface area contributed by atoms with Crippen LogP contribution in [0.4, 0.5) is 5.69 Å². The van der Waals surface area contributed by atoms with Crippen molar-refractivity contribution in [3.63, 3.8) is 0 Å². The van der Waals surface area contributed by atoms with Crippen LogP contribution >= 0.6 is 0 Å². The molecule has 1 fully saturated rings. The molecule has 1 amide bonds. The molecular formula is C15H19N5O2. The fourth-order valence-corrected chi connectivity index (χ4v) is 2.61. The Morgan fingerprint density at radius 3 is 2.91 bits per heavy atom. The molecule has 1 N–H and O–H groups in total. The van der Waals surface area contributed by atoms with E-state index in [9.17, 15) is 4.79 Å². The molecule has 0 saturated carbocycles. The molecule has 2 aromatic rings. The van der Waals surface area contributed by atoms with Gasteiger partial charge in [0.2, 0.25) is 0 Å². The van der Waals surface area contributed by atoms with Crippen LogP contribution in [0.2, 0.25) is 0 Å². The fraction of sp³-hybridized carbons (Fsp3) is 0.467. The highest BCUT2D eigenvalue weighted by Crippen LogP contribution is 2.28. The Morgan fingerprint density at radius 1 is 1.41 bits per heavy atom. The highest BCUT2D eigenvalue weighted by molar-refractivity contribution is 6.04. The summed E-state index contributed by atoms with van der Waals surface area (Å²) in [4.78, 5) is 12.6. The van der Waals surface area contributed by atoms with Crippen LogP contribution in [0, 0.1) is 0 Å². The zero-order valence-corrected chi connectivity index (χ0v) is 12.5. The predicted molar refractivity (Wildman–Crippen MR) is 80.7 cm³/mol. The monoisotopic (exact) mass is 301 g/mol. The van der Waals surface area contributed by atoms with Crippen molar-refractivity contribution in [3.8, 4) is 0 Å². The fourth-order valence-electron chi connectivity index (χ4n) is 2.61. The van der Waals surface area contributed by atoms with E-state index in [0.29, 0.717) is 11.3 Å². The highest BCUT2D eigenvalue weighted by Gasteiger charge is 2.25. The number of aryl methyl sites for hydroxylation is 1. The average molecular weight is 301 g/mol. The maximum Gasteiger partial charge on any atom is 0.259 e. The van der Waals surface area contributed by atoms with Gasteiger partial charge >= 0.3 is 0 Å². The van der Waals surface area contributed by atoms with Crippen molar-refractivity contribution in [3.05, 3.63) is 35.9 Å². The first-order valence-corrected chi connectivity index (χ1v) is 7.51. The van der Waals surface area contributed by atoms with Crippen molar-refractivity contribution in [2.24, 2.45) is 0 Å². The summed E-state index contributed by atoms with van der Waals surface area (Å²) in [7, 11) is 0. The molecule has 1 aliphatic rings. The second-order valence-corrected chi connectivity index (χ2v) is 5.26. The maximum atomic E-state index is 12.6. The van der Waals surface area contributed by atoms with Gasteiger partial charge in [-0.3, -0.25) is 9.48 Å². The number of hydrogen-bond donors (Lipinski definition) is 1. The van der Waals surface area contributed by atoms with Crippen LogP contribution in [-0.4, -0.2) is 39.1 Å². The van der Waals surface area contributed by atoms with Gasteiger partial charge in [-0.2, -0.15) is 15.3 Å². The topological polar surface area (TPSA) is 81.9 Å². The molecule has 3 rings (SSSR count). The SMILES string of the molecule is CCn1cc(C(=O)Nc2ccnnc2)c(C2CCOCC2)n1. The first-order chi connectivity index (χ1) is 10.8. The summed E-state index contributed by atoms with van der Waals surface area (Å²) in [6.07, 6.45) is 6.69. The lowest BCUT2D eigenvalue weighted by Gasteiger charge is -2.21. The van der Waals surface area contributed by atoms with Gasteiger partial charge in [0.15, 0.2) is 0 Å². The number of carbonyl (C=O) groups is 1. The predicted octanol–water partition coefficient (Wildman–Crippen LogP) is 1.84. The number of anilines is 1. The summed E-state index contributed by atoms with van der Waals surface area (Å²) in [6.45, 7) is 4.19. The van der Waals surface area contributed by atoms with E-state index in [1.807, 2.05) is 17.8 Å². The number of amides is 1. The van der Waals surface area contributed by atoms with E-state index in [1.54, 1.807) is 12.3 Å². The lowest BCUT2D eigenvalue weighted by atomic mass is 9.94. The Labute approximate surface area is 128 Å². The Hall–Kier alpha value is -2.28. The first kappa shape index (κ1) is 14.6. The van der Waals surface area contributed by atoms with Crippen LogP contribution in [0.1, 0.15) is 41.7 Å². The number of rotatable bonds is 4. The molecule has 0 unspecified atom stereocenters. The van der Waals surface area contributed by atoms with Gasteiger partial charge in [-0.15, -0.1) is 0 Å². The summed E-state index contributed by atoms with van der Waals surface area (Å²) < 4.78 is 7.21. The van der Waals surface area contributed by atoms with Crippen molar-refractivity contribution in [1.29, 1.82) is 0 Å². The Morgan fingerprint density at radius 2 is 2.23 bits per heavy atom. The smallest absolute Gasteiger partial charge is 0.259 e. The maximum absolute atomic E-state index is 12.6. The third-order valence-electron chi connectivity index (χ3n) is 3.81. The summed E-state index contributed by atoms with van der Waals surface area (Å²) in [5, 5.41) is 14.9. The van der Waals surface area contributed by atoms with Crippen LogP contribution < -0.4 is 5.32 Å². The van der Waals surface area contributed by atoms with E-state index in [0.717, 1.165) is 38.3 Å². The van der Waals surface area contributed by atoms with Gasteiger partial charge in [-0.05, 0) is 25.8 Å². The Kier molecular flexibility index (Phi) is 4.43. The summed E-state index contributed by atoms with van der Waals surface area (Å²) in [5.41, 5.74) is 2.12. The van der Waals surface area contributed by atoms with Gasteiger partial charge in [0, 0.05) is 31.9 Å².